The van der Waals surface area contributed by atoms with Crippen LogP contribution in [0.25, 0.3) is 0 Å². The second-order valence-electron chi connectivity index (χ2n) is 5.73. The van der Waals surface area contributed by atoms with Crippen LogP contribution in [0.2, 0.25) is 0 Å². The zero-order valence-corrected chi connectivity index (χ0v) is 23.8. The summed E-state index contributed by atoms with van der Waals surface area (Å²) in [5.74, 6) is -1.42. The number of nitrogens with one attached hydrogen (secondary N) is 2. The van der Waals surface area contributed by atoms with E-state index < -0.39 is 43.9 Å². The second-order valence-corrected chi connectivity index (χ2v) is 7.24. The van der Waals surface area contributed by atoms with E-state index in [0.717, 1.165) is 6.07 Å². The summed E-state index contributed by atoms with van der Waals surface area (Å²) in [4.78, 5) is 37.9. The first-order chi connectivity index (χ1) is 15.3. The van der Waals surface area contributed by atoms with E-state index in [-0.39, 0.29) is 75.6 Å². The van der Waals surface area contributed by atoms with Gasteiger partial charge >= 0.3 is 71.6 Å². The van der Waals surface area contributed by atoms with Crippen molar-refractivity contribution in [3.05, 3.63) is 47.8 Å². The number of nitrogens with two attached hydrogens (primary N) is 1. The molecular formula is C16H13F3N5Na2O7PS. The summed E-state index contributed by atoms with van der Waals surface area (Å²) < 4.78 is 61.0. The normalized spacial score (nSPS) is 11.0. The third-order valence-electron chi connectivity index (χ3n) is 3.27. The van der Waals surface area contributed by atoms with Gasteiger partial charge in [0, 0.05) is 11.8 Å². The minimum Gasteiger partial charge on any atom is -0.780 e. The molecule has 1 aromatic heterocycles. The monoisotopic (exact) mass is 553 g/mol. The van der Waals surface area contributed by atoms with Gasteiger partial charge < -0.3 is 34.1 Å². The van der Waals surface area contributed by atoms with Crippen LogP contribution >= 0.6 is 20.0 Å². The molecule has 19 heteroatoms. The number of phosphoric acid groups is 1. The van der Waals surface area contributed by atoms with Crippen molar-refractivity contribution in [1.29, 1.82) is 0 Å². The average molecular weight is 553 g/mol. The van der Waals surface area contributed by atoms with Gasteiger partial charge in [-0.05, 0) is 42.5 Å². The number of amides is 1. The Bertz CT molecular complexity index is 1110. The van der Waals surface area contributed by atoms with E-state index >= 15 is 0 Å². The Morgan fingerprint density at radius 1 is 1.29 bits per heavy atom. The largest absolute Gasteiger partial charge is 1.00 e. The molecule has 0 spiro atoms. The van der Waals surface area contributed by atoms with E-state index in [4.69, 9.17) is 10.5 Å². The van der Waals surface area contributed by atoms with Crippen LogP contribution in [-0.4, -0.2) is 28.8 Å². The number of halogens is 3. The molecule has 178 valence electrons. The molecular weight excluding hydrogens is 540 g/mol. The maximum Gasteiger partial charge on any atom is 1.00 e. The van der Waals surface area contributed by atoms with Crippen LogP contribution in [0.15, 0.2) is 41.6 Å². The number of alkyl halides is 3. The van der Waals surface area contributed by atoms with Crippen molar-refractivity contribution in [2.45, 2.75) is 13.0 Å². The molecule has 1 heterocycles. The molecule has 12 nitrogen and oxygen atoms in total. The Hall–Kier alpha value is -1.46. The van der Waals surface area contributed by atoms with E-state index in [1.807, 2.05) is 0 Å². The quantitative estimate of drug-likeness (QED) is 0.0937. The Morgan fingerprint density at radius 2 is 1.97 bits per heavy atom. The molecule has 2 aromatic rings. The number of aromatic nitrogens is 1. The number of nitrogens with zero attached hydrogens (tertiary/aromatic N) is 2. The number of hydrogen-bond acceptors (Lipinski definition) is 10. The molecule has 1 amide bonds. The molecule has 0 saturated carbocycles. The summed E-state index contributed by atoms with van der Waals surface area (Å²) in [6.45, 7) is -0.789. The number of hydrogen-bond donors (Lipinski definition) is 3. The van der Waals surface area contributed by atoms with Gasteiger partial charge in [-0.15, -0.1) is 13.2 Å². The summed E-state index contributed by atoms with van der Waals surface area (Å²) in [6, 6.07) is 5.04. The zero-order valence-electron chi connectivity index (χ0n) is 18.1. The number of pyridine rings is 1. The molecule has 0 atom stereocenters. The minimum absolute atomic E-state index is 0. The van der Waals surface area contributed by atoms with Crippen LogP contribution in [0.3, 0.4) is 0 Å². The number of rotatable bonds is 8. The van der Waals surface area contributed by atoms with Gasteiger partial charge in [0.15, 0.2) is 5.11 Å². The predicted molar refractivity (Wildman–Crippen MR) is 107 cm³/mol. The van der Waals surface area contributed by atoms with Crippen molar-refractivity contribution in [3.8, 4) is 11.5 Å². The summed E-state index contributed by atoms with van der Waals surface area (Å²) in [6.07, 6.45) is -3.59. The van der Waals surface area contributed by atoms with Gasteiger partial charge in [-0.1, -0.05) is 0 Å². The molecule has 0 aliphatic carbocycles. The van der Waals surface area contributed by atoms with Gasteiger partial charge in [0.2, 0.25) is 0 Å². The average Bonchev–Trinajstić information content (AvgIpc) is 2.67. The smallest absolute Gasteiger partial charge is 0.780 e. The van der Waals surface area contributed by atoms with Gasteiger partial charge in [0.25, 0.3) is 0 Å². The molecule has 0 aliphatic heterocycles. The van der Waals surface area contributed by atoms with E-state index in [0.29, 0.717) is 12.1 Å². The molecule has 0 bridgehead atoms. The number of anilines is 1. The number of carbonyl (C=O) groups is 1. The van der Waals surface area contributed by atoms with Crippen LogP contribution in [0, 0.1) is 0 Å². The molecule has 4 N–H and O–H groups in total. The van der Waals surface area contributed by atoms with Crippen LogP contribution in [0.4, 0.5) is 23.7 Å². The fourth-order valence-electron chi connectivity index (χ4n) is 2.15. The molecule has 1 aromatic carbocycles. The van der Waals surface area contributed by atoms with Crippen LogP contribution in [0.1, 0.15) is 11.3 Å². The SMILES string of the molecule is NC(=S)NN=Cc1ncccc1NC(=O)OCc1cc(OC(F)(F)F)ccc1OP(=O)([O-])[O-].[Na+].[Na+]. The second kappa shape index (κ2) is 14.9. The minimum atomic E-state index is -5.56. The fraction of sp³-hybridized carbons (Fsp3) is 0.125. The maximum atomic E-state index is 12.4. The van der Waals surface area contributed by atoms with Crippen molar-refractivity contribution in [3.63, 3.8) is 0 Å². The Balaban J connectivity index is 0.00000578. The van der Waals surface area contributed by atoms with Gasteiger partial charge in [0.05, 0.1) is 11.9 Å². The van der Waals surface area contributed by atoms with Crippen LogP contribution in [-0.2, 0) is 15.9 Å². The van der Waals surface area contributed by atoms with Gasteiger partial charge in [-0.2, -0.15) is 5.10 Å². The van der Waals surface area contributed by atoms with Crippen molar-refractivity contribution < 1.29 is 105 Å². The third kappa shape index (κ3) is 13.4. The number of benzene rings is 1. The maximum absolute atomic E-state index is 12.4. The van der Waals surface area contributed by atoms with Crippen LogP contribution < -0.4 is 94.6 Å². The first-order valence-electron chi connectivity index (χ1n) is 8.40. The standard InChI is InChI=1S/C16H15F3N5O7PS.2Na/c17-16(18,19)30-10-3-4-13(31-32(26,27)28)9(6-10)8-29-15(25)23-11-2-1-5-21-12(11)7-22-24-14(20)33;;/h1-7H,8H2,(H,23,25)(H3,20,24,33)(H2,26,27,28);;/q;2*+1/p-2. The summed E-state index contributed by atoms with van der Waals surface area (Å²) in [5.41, 5.74) is 7.38. The van der Waals surface area contributed by atoms with E-state index in [1.165, 1.54) is 24.5 Å². The van der Waals surface area contributed by atoms with Gasteiger partial charge in [-0.25, -0.2) is 4.79 Å². The van der Waals surface area contributed by atoms with E-state index in [9.17, 15) is 32.3 Å². The third-order valence-corrected chi connectivity index (χ3v) is 3.78. The molecule has 35 heavy (non-hydrogen) atoms. The van der Waals surface area contributed by atoms with Gasteiger partial charge in [-0.3, -0.25) is 15.7 Å². The van der Waals surface area contributed by atoms with Crippen LogP contribution in [0.5, 0.6) is 11.5 Å². The first-order valence-corrected chi connectivity index (χ1v) is 10.3. The van der Waals surface area contributed by atoms with E-state index in [1.54, 1.807) is 0 Å². The molecule has 0 fully saturated rings. The Morgan fingerprint density at radius 3 is 2.57 bits per heavy atom. The molecule has 0 unspecified atom stereocenters. The summed E-state index contributed by atoms with van der Waals surface area (Å²) in [7, 11) is -5.56. The van der Waals surface area contributed by atoms with Crippen molar-refractivity contribution in [2.24, 2.45) is 10.8 Å². The Kier molecular flexibility index (Phi) is 14.3. The predicted octanol–water partition coefficient (Wildman–Crippen LogP) is -4.89. The van der Waals surface area contributed by atoms with Crippen molar-refractivity contribution in [1.82, 2.24) is 10.4 Å². The fourth-order valence-corrected chi connectivity index (χ4v) is 2.62. The zero-order chi connectivity index (χ0) is 24.6. The Labute approximate surface area is 245 Å². The first kappa shape index (κ1) is 33.5. The van der Waals surface area contributed by atoms with Gasteiger partial charge in [0.1, 0.15) is 31.6 Å². The summed E-state index contributed by atoms with van der Waals surface area (Å²) >= 11 is 4.58. The molecule has 2 rings (SSSR count). The molecule has 0 saturated heterocycles. The molecule has 0 radical (unpaired) electrons. The number of thiocarbonyl (C=S) groups is 1. The van der Waals surface area contributed by atoms with Crippen molar-refractivity contribution >= 4 is 43.1 Å². The number of hydrazone groups is 1. The number of ether oxygens (including phenoxy) is 2. The van der Waals surface area contributed by atoms with Crippen molar-refractivity contribution in [2.75, 3.05) is 5.32 Å². The topological polar surface area (TPSA) is 183 Å². The molecule has 0 aliphatic rings. The summed E-state index contributed by atoms with van der Waals surface area (Å²) in [5, 5.41) is 5.87. The number of carbonyl (C=O) groups excluding carboxylic acids is 1. The number of phosphoric ester groups is 1. The van der Waals surface area contributed by atoms with E-state index in [2.05, 4.69) is 42.3 Å².